The van der Waals surface area contributed by atoms with Crippen molar-refractivity contribution in [2.45, 2.75) is 66.1 Å². The molecule has 2 atom stereocenters. The van der Waals surface area contributed by atoms with Gasteiger partial charge in [-0.3, -0.25) is 9.89 Å². The second kappa shape index (κ2) is 10.1. The van der Waals surface area contributed by atoms with Crippen LogP contribution in [0.1, 0.15) is 56.1 Å². The molecule has 2 heterocycles. The SMILES string of the molecule is CN=C(NCc1nc(C(C)C)c(C)s1)NC1CN(C(C)C)CC1C.I. The van der Waals surface area contributed by atoms with Crippen LogP contribution in [0.4, 0.5) is 0 Å². The van der Waals surface area contributed by atoms with Gasteiger partial charge in [-0.2, -0.15) is 0 Å². The third-order valence-electron chi connectivity index (χ3n) is 4.75. The van der Waals surface area contributed by atoms with Gasteiger partial charge in [-0.1, -0.05) is 20.8 Å². The second-order valence-electron chi connectivity index (χ2n) is 7.41. The highest BCUT2D eigenvalue weighted by Crippen LogP contribution is 2.24. The van der Waals surface area contributed by atoms with E-state index in [-0.39, 0.29) is 24.0 Å². The molecule has 0 saturated carbocycles. The smallest absolute Gasteiger partial charge is 0.191 e. The van der Waals surface area contributed by atoms with E-state index in [4.69, 9.17) is 4.98 Å². The summed E-state index contributed by atoms with van der Waals surface area (Å²) in [4.78, 5) is 13.0. The number of nitrogens with zero attached hydrogens (tertiary/aromatic N) is 3. The largest absolute Gasteiger partial charge is 0.352 e. The molecule has 1 fully saturated rings. The Kier molecular flexibility index (Phi) is 9.11. The Labute approximate surface area is 174 Å². The molecule has 5 nitrogen and oxygen atoms in total. The first-order chi connectivity index (χ1) is 11.3. The van der Waals surface area contributed by atoms with E-state index in [9.17, 15) is 0 Å². The lowest BCUT2D eigenvalue weighted by Crippen LogP contribution is -2.46. The van der Waals surface area contributed by atoms with Gasteiger partial charge in [0.1, 0.15) is 5.01 Å². The summed E-state index contributed by atoms with van der Waals surface area (Å²) in [5.41, 5.74) is 1.22. The first-order valence-corrected chi connectivity index (χ1v) is 9.80. The topological polar surface area (TPSA) is 52.6 Å². The highest BCUT2D eigenvalue weighted by molar-refractivity contribution is 14.0. The molecule has 1 saturated heterocycles. The molecule has 1 aromatic heterocycles. The highest BCUT2D eigenvalue weighted by atomic mass is 127. The minimum atomic E-state index is 0. The van der Waals surface area contributed by atoms with Crippen LogP contribution in [-0.2, 0) is 6.54 Å². The van der Waals surface area contributed by atoms with E-state index < -0.39 is 0 Å². The summed E-state index contributed by atoms with van der Waals surface area (Å²) in [6, 6.07) is 1.05. The summed E-state index contributed by atoms with van der Waals surface area (Å²) < 4.78 is 0. The molecule has 2 unspecified atom stereocenters. The summed E-state index contributed by atoms with van der Waals surface area (Å²) >= 11 is 1.78. The number of guanidine groups is 1. The summed E-state index contributed by atoms with van der Waals surface area (Å²) in [6.45, 7) is 16.3. The molecule has 0 bridgehead atoms. The number of nitrogens with one attached hydrogen (secondary N) is 2. The van der Waals surface area contributed by atoms with Crippen LogP contribution < -0.4 is 10.6 Å². The first kappa shape index (κ1) is 22.6. The minimum Gasteiger partial charge on any atom is -0.352 e. The molecule has 0 aromatic carbocycles. The molecule has 2 rings (SSSR count). The number of aliphatic imine (C=N–C) groups is 1. The van der Waals surface area contributed by atoms with Crippen LogP contribution in [0.15, 0.2) is 4.99 Å². The maximum absolute atomic E-state index is 4.76. The van der Waals surface area contributed by atoms with Crippen molar-refractivity contribution in [2.24, 2.45) is 10.9 Å². The molecule has 1 aliphatic heterocycles. The molecule has 0 aliphatic carbocycles. The maximum Gasteiger partial charge on any atom is 0.191 e. The van der Waals surface area contributed by atoms with E-state index in [2.05, 4.69) is 62.1 Å². The molecule has 7 heteroatoms. The van der Waals surface area contributed by atoms with Crippen LogP contribution in [0.2, 0.25) is 0 Å². The van der Waals surface area contributed by atoms with Gasteiger partial charge in [0.25, 0.3) is 0 Å². The standard InChI is InChI=1S/C18H33N5S.HI/c1-11(2)17-14(6)24-16(22-17)8-20-18(19-7)21-15-10-23(12(3)4)9-13(15)5;/h11-13,15H,8-10H2,1-7H3,(H2,19,20,21);1H. The van der Waals surface area contributed by atoms with Gasteiger partial charge in [0.15, 0.2) is 5.96 Å². The van der Waals surface area contributed by atoms with E-state index in [1.54, 1.807) is 11.3 Å². The van der Waals surface area contributed by atoms with Gasteiger partial charge in [0, 0.05) is 37.1 Å². The van der Waals surface area contributed by atoms with Crippen LogP contribution in [0.3, 0.4) is 0 Å². The van der Waals surface area contributed by atoms with E-state index in [1.807, 2.05) is 7.05 Å². The van der Waals surface area contributed by atoms with Crippen molar-refractivity contribution in [3.63, 3.8) is 0 Å². The van der Waals surface area contributed by atoms with Crippen molar-refractivity contribution >= 4 is 41.3 Å². The number of thiazole rings is 1. The van der Waals surface area contributed by atoms with Crippen molar-refractivity contribution in [2.75, 3.05) is 20.1 Å². The van der Waals surface area contributed by atoms with Crippen LogP contribution in [0.5, 0.6) is 0 Å². The minimum absolute atomic E-state index is 0. The highest BCUT2D eigenvalue weighted by Gasteiger charge is 2.31. The normalized spacial score (nSPS) is 21.7. The average molecular weight is 479 g/mol. The lowest BCUT2D eigenvalue weighted by Gasteiger charge is -2.21. The van der Waals surface area contributed by atoms with Gasteiger partial charge in [0.2, 0.25) is 0 Å². The zero-order valence-corrected chi connectivity index (χ0v) is 19.7. The Bertz CT molecular complexity index is 570. The fourth-order valence-electron chi connectivity index (χ4n) is 3.22. The predicted octanol–water partition coefficient (Wildman–Crippen LogP) is 3.59. The van der Waals surface area contributed by atoms with Crippen LogP contribution >= 0.6 is 35.3 Å². The monoisotopic (exact) mass is 479 g/mol. The summed E-state index contributed by atoms with van der Waals surface area (Å²) in [5.74, 6) is 1.98. The van der Waals surface area contributed by atoms with E-state index in [0.29, 0.717) is 23.9 Å². The molecular formula is C18H34IN5S. The van der Waals surface area contributed by atoms with Gasteiger partial charge in [-0.15, -0.1) is 35.3 Å². The summed E-state index contributed by atoms with van der Waals surface area (Å²) in [5, 5.41) is 8.14. The predicted molar refractivity (Wildman–Crippen MR) is 119 cm³/mol. The van der Waals surface area contributed by atoms with Crippen molar-refractivity contribution < 1.29 is 0 Å². The van der Waals surface area contributed by atoms with Crippen molar-refractivity contribution in [3.8, 4) is 0 Å². The molecule has 0 amide bonds. The van der Waals surface area contributed by atoms with Crippen molar-refractivity contribution in [1.82, 2.24) is 20.5 Å². The Balaban J connectivity index is 0.00000312. The van der Waals surface area contributed by atoms with Gasteiger partial charge >= 0.3 is 0 Å². The van der Waals surface area contributed by atoms with Gasteiger partial charge in [-0.25, -0.2) is 4.98 Å². The van der Waals surface area contributed by atoms with E-state index in [1.165, 1.54) is 10.6 Å². The van der Waals surface area contributed by atoms with Crippen LogP contribution in [-0.4, -0.2) is 48.1 Å². The van der Waals surface area contributed by atoms with Crippen LogP contribution in [0.25, 0.3) is 0 Å². The van der Waals surface area contributed by atoms with Crippen molar-refractivity contribution in [1.29, 1.82) is 0 Å². The fourth-order valence-corrected chi connectivity index (χ4v) is 4.25. The molecule has 1 aliphatic rings. The van der Waals surface area contributed by atoms with Gasteiger partial charge in [-0.05, 0) is 32.6 Å². The molecule has 1 aromatic rings. The lowest BCUT2D eigenvalue weighted by molar-refractivity contribution is 0.265. The Morgan fingerprint density at radius 1 is 1.32 bits per heavy atom. The number of hydrogen-bond acceptors (Lipinski definition) is 4. The van der Waals surface area contributed by atoms with Crippen molar-refractivity contribution in [3.05, 3.63) is 15.6 Å². The maximum atomic E-state index is 4.76. The first-order valence-electron chi connectivity index (χ1n) is 8.99. The van der Waals surface area contributed by atoms with E-state index in [0.717, 1.165) is 30.6 Å². The number of rotatable bonds is 5. The van der Waals surface area contributed by atoms with Crippen LogP contribution in [0, 0.1) is 12.8 Å². The number of aromatic nitrogens is 1. The molecule has 0 radical (unpaired) electrons. The lowest BCUT2D eigenvalue weighted by atomic mass is 10.1. The Morgan fingerprint density at radius 3 is 2.48 bits per heavy atom. The number of aryl methyl sites for hydroxylation is 1. The zero-order valence-electron chi connectivity index (χ0n) is 16.6. The van der Waals surface area contributed by atoms with Gasteiger partial charge in [0.05, 0.1) is 12.2 Å². The number of halogens is 1. The molecule has 144 valence electrons. The quantitative estimate of drug-likeness (QED) is 0.385. The van der Waals surface area contributed by atoms with Gasteiger partial charge < -0.3 is 10.6 Å². The average Bonchev–Trinajstić information content (AvgIpc) is 3.07. The Hall–Kier alpha value is -0.410. The second-order valence-corrected chi connectivity index (χ2v) is 8.69. The number of likely N-dealkylation sites (tertiary alicyclic amines) is 1. The molecule has 0 spiro atoms. The summed E-state index contributed by atoms with van der Waals surface area (Å²) in [7, 11) is 1.84. The molecule has 25 heavy (non-hydrogen) atoms. The third-order valence-corrected chi connectivity index (χ3v) is 5.73. The molecule has 2 N–H and O–H groups in total. The Morgan fingerprint density at radius 2 is 2.00 bits per heavy atom. The van der Waals surface area contributed by atoms with E-state index >= 15 is 0 Å². The number of hydrogen-bond donors (Lipinski definition) is 2. The molecular weight excluding hydrogens is 445 g/mol. The fraction of sp³-hybridized carbons (Fsp3) is 0.778. The third kappa shape index (κ3) is 6.06. The summed E-state index contributed by atoms with van der Waals surface area (Å²) in [6.07, 6.45) is 0. The zero-order chi connectivity index (χ0) is 17.9.